The van der Waals surface area contributed by atoms with Gasteiger partial charge in [-0.25, -0.2) is 0 Å². The average molecular weight is 332 g/mol. The summed E-state index contributed by atoms with van der Waals surface area (Å²) in [5, 5.41) is 19.8. The first-order valence-electron chi connectivity index (χ1n) is 5.54. The molecule has 0 aromatic carbocycles. The zero-order valence-electron chi connectivity index (χ0n) is 13.1. The minimum atomic E-state index is -4.67. The zero-order valence-corrected chi connectivity index (χ0v) is 13.9. The molecule has 10 nitrogen and oxygen atoms in total. The molecular weight excluding hydrogens is 308 g/mol. The highest BCUT2D eigenvalue weighted by molar-refractivity contribution is 7.79. The van der Waals surface area contributed by atoms with Crippen LogP contribution in [0.2, 0.25) is 0 Å². The van der Waals surface area contributed by atoms with E-state index < -0.39 is 22.3 Å². The van der Waals surface area contributed by atoms with E-state index >= 15 is 0 Å². The van der Waals surface area contributed by atoms with E-state index in [9.17, 15) is 19.8 Å². The lowest BCUT2D eigenvalue weighted by molar-refractivity contribution is -0.864. The van der Waals surface area contributed by atoms with Crippen molar-refractivity contribution in [2.24, 2.45) is 0 Å². The fraction of sp³-hybridized carbons (Fsp3) is 0.800. The number of rotatable bonds is 4. The highest BCUT2D eigenvalue weighted by atomic mass is 32.3. The molecular formula is C10H24N2O8S. The Bertz CT molecular complexity index is 385. The normalized spacial score (nSPS) is 11.4. The summed E-state index contributed by atoms with van der Waals surface area (Å²) in [5.41, 5.74) is 0. The Balaban J connectivity index is -0.000000239. The Kier molecular flexibility index (Phi) is 11.3. The first-order valence-corrected chi connectivity index (χ1v) is 6.93. The van der Waals surface area contributed by atoms with Crippen LogP contribution < -0.4 is 10.2 Å². The van der Waals surface area contributed by atoms with Gasteiger partial charge in [-0.15, -0.1) is 0 Å². The van der Waals surface area contributed by atoms with Crippen LogP contribution in [0.25, 0.3) is 0 Å². The number of hydrogen-bond acceptors (Lipinski definition) is 6. The molecule has 0 aliphatic heterocycles. The molecule has 0 bridgehead atoms. The zero-order chi connectivity index (χ0) is 18.1. The molecule has 0 rings (SSSR count). The van der Waals surface area contributed by atoms with Crippen LogP contribution in [0, 0.1) is 0 Å². The summed E-state index contributed by atoms with van der Waals surface area (Å²) >= 11 is 0. The summed E-state index contributed by atoms with van der Waals surface area (Å²) in [5.74, 6) is -2.00. The van der Waals surface area contributed by atoms with Gasteiger partial charge in [0.25, 0.3) is 0 Å². The van der Waals surface area contributed by atoms with Gasteiger partial charge in [-0.1, -0.05) is 0 Å². The number of carbonyl (C=O) groups is 2. The molecule has 0 aromatic rings. The molecule has 0 fully saturated rings. The topological polar surface area (TPSA) is 155 Å². The van der Waals surface area contributed by atoms with Gasteiger partial charge >= 0.3 is 10.4 Å². The minimum absolute atomic E-state index is 0.0694. The number of aliphatic carboxylic acids is 2. The van der Waals surface area contributed by atoms with Crippen LogP contribution in [0.3, 0.4) is 0 Å². The summed E-state index contributed by atoms with van der Waals surface area (Å²) in [6, 6.07) is 0. The van der Waals surface area contributed by atoms with Crippen molar-refractivity contribution < 1.29 is 46.3 Å². The number of nitrogens with zero attached hydrogens (tertiary/aromatic N) is 2. The third-order valence-electron chi connectivity index (χ3n) is 1.21. The monoisotopic (exact) mass is 332 g/mol. The highest BCUT2D eigenvalue weighted by Gasteiger charge is 2.05. The van der Waals surface area contributed by atoms with Gasteiger partial charge in [-0.05, 0) is 0 Å². The summed E-state index contributed by atoms with van der Waals surface area (Å²) in [6.07, 6.45) is 0. The average Bonchev–Trinajstić information content (AvgIpc) is 1.87. The van der Waals surface area contributed by atoms with E-state index in [1.54, 1.807) is 42.3 Å². The first kappa shape index (κ1) is 24.7. The van der Waals surface area contributed by atoms with E-state index in [0.29, 0.717) is 8.97 Å². The van der Waals surface area contributed by atoms with Crippen LogP contribution in [0.1, 0.15) is 0 Å². The fourth-order valence-corrected chi connectivity index (χ4v) is 0.775. The van der Waals surface area contributed by atoms with E-state index in [0.717, 1.165) is 0 Å². The molecule has 21 heavy (non-hydrogen) atoms. The molecule has 0 unspecified atom stereocenters. The third kappa shape index (κ3) is 68.8. The molecule has 0 heterocycles. The van der Waals surface area contributed by atoms with Gasteiger partial charge in [-0.2, -0.15) is 8.42 Å². The van der Waals surface area contributed by atoms with E-state index in [2.05, 4.69) is 0 Å². The Labute approximate surface area is 125 Å². The predicted molar refractivity (Wildman–Crippen MR) is 70.0 cm³/mol. The van der Waals surface area contributed by atoms with E-state index in [4.69, 9.17) is 17.5 Å². The Morgan fingerprint density at radius 2 is 0.952 bits per heavy atom. The lowest BCUT2D eigenvalue weighted by Crippen LogP contribution is -2.45. The lowest BCUT2D eigenvalue weighted by atomic mass is 10.5. The molecule has 0 spiro atoms. The first-order chi connectivity index (χ1) is 8.83. The molecule has 0 aromatic heterocycles. The molecule has 0 atom stereocenters. The van der Waals surface area contributed by atoms with Crippen LogP contribution in [-0.4, -0.2) is 93.8 Å². The summed E-state index contributed by atoms with van der Waals surface area (Å²) < 4.78 is 32.4. The predicted octanol–water partition coefficient (Wildman–Crippen LogP) is -3.77. The van der Waals surface area contributed by atoms with Gasteiger partial charge in [0.1, 0.15) is 13.1 Å². The SMILES string of the molecule is C[N+](C)(C)CC(=O)[O-].C[N+](C)(C)CC(=O)[O-].O=S(=O)(O)O. The lowest BCUT2D eigenvalue weighted by Gasteiger charge is -2.23. The van der Waals surface area contributed by atoms with Crippen molar-refractivity contribution in [1.29, 1.82) is 0 Å². The van der Waals surface area contributed by atoms with Gasteiger partial charge in [0.2, 0.25) is 0 Å². The second-order valence-corrected chi connectivity index (χ2v) is 6.98. The number of hydrogen-bond donors (Lipinski definition) is 2. The largest absolute Gasteiger partial charge is 0.544 e. The number of quaternary nitrogens is 2. The Morgan fingerprint density at radius 3 is 0.952 bits per heavy atom. The minimum Gasteiger partial charge on any atom is -0.544 e. The summed E-state index contributed by atoms with van der Waals surface area (Å²) in [7, 11) is 6.14. The van der Waals surface area contributed by atoms with Crippen molar-refractivity contribution >= 4 is 22.3 Å². The van der Waals surface area contributed by atoms with Crippen LogP contribution in [0.15, 0.2) is 0 Å². The highest BCUT2D eigenvalue weighted by Crippen LogP contribution is 1.85. The smallest absolute Gasteiger partial charge is 0.394 e. The van der Waals surface area contributed by atoms with Gasteiger partial charge in [0.05, 0.1) is 54.2 Å². The van der Waals surface area contributed by atoms with Crippen molar-refractivity contribution in [2.75, 3.05) is 55.4 Å². The van der Waals surface area contributed by atoms with Crippen LogP contribution in [0.5, 0.6) is 0 Å². The third-order valence-corrected chi connectivity index (χ3v) is 1.21. The standard InChI is InChI=1S/2C5H11NO2.H2O4S/c2*1-6(2,3)4-5(7)8;1-5(2,3)4/h2*4H2,1-3H3;(H2,1,2,3,4). The van der Waals surface area contributed by atoms with E-state index in [-0.39, 0.29) is 13.1 Å². The van der Waals surface area contributed by atoms with Crippen molar-refractivity contribution in [1.82, 2.24) is 0 Å². The maximum Gasteiger partial charge on any atom is 0.394 e. The maximum absolute atomic E-state index is 9.89. The number of carboxylic acids is 2. The van der Waals surface area contributed by atoms with Gasteiger partial charge < -0.3 is 28.8 Å². The van der Waals surface area contributed by atoms with Crippen molar-refractivity contribution in [3.05, 3.63) is 0 Å². The van der Waals surface area contributed by atoms with Crippen LogP contribution in [0.4, 0.5) is 0 Å². The molecule has 0 radical (unpaired) electrons. The number of likely N-dealkylation sites (N-methyl/N-ethyl adjacent to an activating group) is 2. The fourth-order valence-electron chi connectivity index (χ4n) is 0.775. The Morgan fingerprint density at radius 1 is 0.810 bits per heavy atom. The van der Waals surface area contributed by atoms with Gasteiger partial charge in [-0.3, -0.25) is 9.11 Å². The van der Waals surface area contributed by atoms with E-state index in [1.807, 2.05) is 0 Å². The quantitative estimate of drug-likeness (QED) is 0.393. The van der Waals surface area contributed by atoms with E-state index in [1.165, 1.54) is 0 Å². The molecule has 0 aliphatic rings. The van der Waals surface area contributed by atoms with Crippen molar-refractivity contribution in [3.63, 3.8) is 0 Å². The maximum atomic E-state index is 9.89. The molecule has 11 heteroatoms. The van der Waals surface area contributed by atoms with Gasteiger partial charge in [0.15, 0.2) is 0 Å². The molecule has 0 saturated heterocycles. The molecule has 128 valence electrons. The molecule has 2 N–H and O–H groups in total. The number of carboxylic acid groups (broad SMARTS) is 2. The number of carbonyl (C=O) groups excluding carboxylic acids is 2. The van der Waals surface area contributed by atoms with Crippen LogP contribution in [-0.2, 0) is 20.0 Å². The Hall–Kier alpha value is -1.27. The van der Waals surface area contributed by atoms with Gasteiger partial charge in [0, 0.05) is 0 Å². The van der Waals surface area contributed by atoms with Crippen molar-refractivity contribution in [3.8, 4) is 0 Å². The van der Waals surface area contributed by atoms with Crippen LogP contribution >= 0.6 is 0 Å². The molecule has 0 saturated carbocycles. The van der Waals surface area contributed by atoms with Crippen molar-refractivity contribution in [2.45, 2.75) is 0 Å². The molecule has 0 amide bonds. The second-order valence-electron chi connectivity index (χ2n) is 6.09. The second kappa shape index (κ2) is 9.63. The molecule has 0 aliphatic carbocycles. The summed E-state index contributed by atoms with van der Waals surface area (Å²) in [6.45, 7) is 0.139. The summed E-state index contributed by atoms with van der Waals surface area (Å²) in [4.78, 5) is 19.8.